The van der Waals surface area contributed by atoms with Crippen LogP contribution in [-0.2, 0) is 16.0 Å². The van der Waals surface area contributed by atoms with Crippen molar-refractivity contribution >= 4 is 11.8 Å². The Labute approximate surface area is 194 Å². The van der Waals surface area contributed by atoms with Crippen LogP contribution in [0.15, 0.2) is 79.1 Å². The van der Waals surface area contributed by atoms with Crippen LogP contribution in [0.5, 0.6) is 5.75 Å². The number of pyridine rings is 1. The van der Waals surface area contributed by atoms with E-state index in [2.05, 4.69) is 28.5 Å². The Morgan fingerprint density at radius 1 is 1.03 bits per heavy atom. The molecule has 1 aromatic heterocycles. The molecule has 170 valence electrons. The van der Waals surface area contributed by atoms with Crippen LogP contribution in [0.3, 0.4) is 0 Å². The van der Waals surface area contributed by atoms with Crippen molar-refractivity contribution < 1.29 is 14.3 Å². The van der Waals surface area contributed by atoms with Crippen LogP contribution in [0, 0.1) is 5.41 Å². The molecule has 3 aromatic rings. The maximum atomic E-state index is 13.1. The van der Waals surface area contributed by atoms with Gasteiger partial charge in [-0.05, 0) is 60.2 Å². The molecule has 0 radical (unpaired) electrons. The number of amides is 2. The maximum Gasteiger partial charge on any atom is 0.260 e. The predicted molar refractivity (Wildman–Crippen MR) is 128 cm³/mol. The van der Waals surface area contributed by atoms with Gasteiger partial charge in [0.15, 0.2) is 6.61 Å². The van der Waals surface area contributed by atoms with Gasteiger partial charge in [0.25, 0.3) is 5.91 Å². The minimum absolute atomic E-state index is 0.0294. The van der Waals surface area contributed by atoms with E-state index in [-0.39, 0.29) is 18.4 Å². The van der Waals surface area contributed by atoms with E-state index < -0.39 is 5.41 Å². The number of hydrogen-bond acceptors (Lipinski definition) is 4. The van der Waals surface area contributed by atoms with Gasteiger partial charge in [-0.25, -0.2) is 0 Å². The number of nitrogens with zero attached hydrogens (tertiary/aromatic N) is 2. The lowest BCUT2D eigenvalue weighted by atomic mass is 9.74. The molecule has 2 amide bonds. The summed E-state index contributed by atoms with van der Waals surface area (Å²) in [5.41, 5.74) is 2.57. The first kappa shape index (κ1) is 22.5. The van der Waals surface area contributed by atoms with Crippen LogP contribution in [0.4, 0.5) is 0 Å². The summed E-state index contributed by atoms with van der Waals surface area (Å²) in [6.45, 7) is 0.974. The normalized spacial score (nSPS) is 17.9. The molecule has 0 bridgehead atoms. The lowest BCUT2D eigenvalue weighted by Crippen LogP contribution is -2.54. The molecule has 1 fully saturated rings. The van der Waals surface area contributed by atoms with Gasteiger partial charge in [-0.2, -0.15) is 0 Å². The first-order valence-electron chi connectivity index (χ1n) is 11.3. The highest BCUT2D eigenvalue weighted by molar-refractivity contribution is 5.85. The summed E-state index contributed by atoms with van der Waals surface area (Å²) in [4.78, 5) is 31.9. The van der Waals surface area contributed by atoms with E-state index in [9.17, 15) is 9.59 Å². The molecule has 1 aliphatic rings. The molecule has 2 heterocycles. The van der Waals surface area contributed by atoms with Gasteiger partial charge in [-0.3, -0.25) is 14.6 Å². The molecule has 1 N–H and O–H groups in total. The number of carbonyl (C=O) groups excluding carboxylic acids is 2. The highest BCUT2D eigenvalue weighted by Gasteiger charge is 2.43. The number of carbonyl (C=O) groups is 2. The standard InChI is InChI=1S/C27H29N3O3/c1-28-26(32)27(18-21-7-5-8-23(17-21)22-11-14-29-15-12-22)13-6-16-30(20-27)25(31)19-33-24-9-3-2-4-10-24/h2-5,7-12,14-15,17H,6,13,16,18-20H2,1H3,(H,28,32). The van der Waals surface area contributed by atoms with E-state index in [1.807, 2.05) is 48.5 Å². The minimum Gasteiger partial charge on any atom is -0.484 e. The molecule has 0 aliphatic carbocycles. The number of hydrogen-bond donors (Lipinski definition) is 1. The Balaban J connectivity index is 1.51. The molecule has 1 unspecified atom stereocenters. The number of ether oxygens (including phenoxy) is 1. The largest absolute Gasteiger partial charge is 0.484 e. The third-order valence-corrected chi connectivity index (χ3v) is 6.23. The number of nitrogens with one attached hydrogen (secondary N) is 1. The predicted octanol–water partition coefficient (Wildman–Crippen LogP) is 3.72. The van der Waals surface area contributed by atoms with Gasteiger partial charge in [0, 0.05) is 32.5 Å². The van der Waals surface area contributed by atoms with Crippen LogP contribution in [-0.4, -0.2) is 48.4 Å². The van der Waals surface area contributed by atoms with Crippen molar-refractivity contribution in [3.8, 4) is 16.9 Å². The Morgan fingerprint density at radius 2 is 1.82 bits per heavy atom. The number of para-hydroxylation sites is 1. The van der Waals surface area contributed by atoms with Gasteiger partial charge >= 0.3 is 0 Å². The van der Waals surface area contributed by atoms with Gasteiger partial charge in [-0.1, -0.05) is 42.5 Å². The highest BCUT2D eigenvalue weighted by atomic mass is 16.5. The van der Waals surface area contributed by atoms with E-state index in [1.54, 1.807) is 24.3 Å². The van der Waals surface area contributed by atoms with E-state index in [1.165, 1.54) is 0 Å². The molecule has 6 heteroatoms. The van der Waals surface area contributed by atoms with Crippen LogP contribution in [0.25, 0.3) is 11.1 Å². The van der Waals surface area contributed by atoms with Gasteiger partial charge in [0.2, 0.25) is 5.91 Å². The van der Waals surface area contributed by atoms with Crippen LogP contribution < -0.4 is 10.1 Å². The maximum absolute atomic E-state index is 13.1. The monoisotopic (exact) mass is 443 g/mol. The summed E-state index contributed by atoms with van der Waals surface area (Å²) in [5.74, 6) is 0.531. The third-order valence-electron chi connectivity index (χ3n) is 6.23. The van der Waals surface area contributed by atoms with Gasteiger partial charge in [0.05, 0.1) is 5.41 Å². The average molecular weight is 444 g/mol. The molecule has 0 saturated carbocycles. The van der Waals surface area contributed by atoms with E-state index in [4.69, 9.17) is 4.74 Å². The smallest absolute Gasteiger partial charge is 0.260 e. The van der Waals surface area contributed by atoms with E-state index in [0.29, 0.717) is 25.3 Å². The first-order chi connectivity index (χ1) is 16.1. The Bertz CT molecular complexity index is 1090. The molecule has 0 spiro atoms. The van der Waals surface area contributed by atoms with E-state index in [0.717, 1.165) is 29.5 Å². The van der Waals surface area contributed by atoms with Gasteiger partial charge < -0.3 is 15.0 Å². The average Bonchev–Trinajstić information content (AvgIpc) is 2.88. The minimum atomic E-state index is -0.674. The Hall–Kier alpha value is -3.67. The molecule has 1 atom stereocenters. The number of likely N-dealkylation sites (tertiary alicyclic amines) is 1. The SMILES string of the molecule is CNC(=O)C1(Cc2cccc(-c3ccncc3)c2)CCCN(C(=O)COc2ccccc2)C1. The third kappa shape index (κ3) is 5.40. The molecule has 1 aliphatic heterocycles. The van der Waals surface area contributed by atoms with Crippen molar-refractivity contribution in [1.82, 2.24) is 15.2 Å². The summed E-state index contributed by atoms with van der Waals surface area (Å²) in [5, 5.41) is 2.84. The van der Waals surface area contributed by atoms with Crippen molar-refractivity contribution in [2.75, 3.05) is 26.7 Å². The summed E-state index contributed by atoms with van der Waals surface area (Å²) in [7, 11) is 1.66. The number of rotatable bonds is 7. The molecular formula is C27H29N3O3. The van der Waals surface area contributed by atoms with Crippen LogP contribution in [0.1, 0.15) is 18.4 Å². The summed E-state index contributed by atoms with van der Waals surface area (Å²) in [6, 6.07) is 21.5. The molecule has 4 rings (SSSR count). The summed E-state index contributed by atoms with van der Waals surface area (Å²) in [6.07, 6.45) is 5.62. The van der Waals surface area contributed by atoms with Gasteiger partial charge in [-0.15, -0.1) is 0 Å². The molecule has 33 heavy (non-hydrogen) atoms. The van der Waals surface area contributed by atoms with Crippen molar-refractivity contribution in [1.29, 1.82) is 0 Å². The quantitative estimate of drug-likeness (QED) is 0.604. The fourth-order valence-corrected chi connectivity index (χ4v) is 4.57. The zero-order valence-electron chi connectivity index (χ0n) is 18.9. The Kier molecular flexibility index (Phi) is 7.03. The summed E-state index contributed by atoms with van der Waals surface area (Å²) >= 11 is 0. The topological polar surface area (TPSA) is 71.5 Å². The van der Waals surface area contributed by atoms with E-state index >= 15 is 0 Å². The zero-order chi connectivity index (χ0) is 23.1. The second-order valence-electron chi connectivity index (χ2n) is 8.49. The Morgan fingerprint density at radius 3 is 2.58 bits per heavy atom. The highest BCUT2D eigenvalue weighted by Crippen LogP contribution is 2.35. The molecule has 1 saturated heterocycles. The fraction of sp³-hybridized carbons (Fsp3) is 0.296. The molecule has 2 aromatic carbocycles. The molecular weight excluding hydrogens is 414 g/mol. The lowest BCUT2D eigenvalue weighted by molar-refractivity contribution is -0.142. The number of aromatic nitrogens is 1. The second kappa shape index (κ2) is 10.3. The van der Waals surface area contributed by atoms with Crippen LogP contribution in [0.2, 0.25) is 0 Å². The van der Waals surface area contributed by atoms with Crippen molar-refractivity contribution in [2.24, 2.45) is 5.41 Å². The van der Waals surface area contributed by atoms with Crippen molar-refractivity contribution in [3.05, 3.63) is 84.7 Å². The van der Waals surface area contributed by atoms with Crippen molar-refractivity contribution in [2.45, 2.75) is 19.3 Å². The second-order valence-corrected chi connectivity index (χ2v) is 8.49. The van der Waals surface area contributed by atoms with Crippen molar-refractivity contribution in [3.63, 3.8) is 0 Å². The van der Waals surface area contributed by atoms with Gasteiger partial charge in [0.1, 0.15) is 5.75 Å². The molecule has 6 nitrogen and oxygen atoms in total. The summed E-state index contributed by atoms with van der Waals surface area (Å²) < 4.78 is 5.66. The fourth-order valence-electron chi connectivity index (χ4n) is 4.57. The number of benzene rings is 2. The zero-order valence-corrected chi connectivity index (χ0v) is 18.9. The lowest BCUT2D eigenvalue weighted by Gasteiger charge is -2.41. The van der Waals surface area contributed by atoms with Crippen LogP contribution >= 0.6 is 0 Å². The number of piperidine rings is 1. The first-order valence-corrected chi connectivity index (χ1v) is 11.3.